The lowest BCUT2D eigenvalue weighted by Crippen LogP contribution is -2.37. The molecular formula is C22H25N5O6. The summed E-state index contributed by atoms with van der Waals surface area (Å²) in [5.41, 5.74) is -0.993. The Morgan fingerprint density at radius 3 is 2.33 bits per heavy atom. The maximum atomic E-state index is 12.8. The van der Waals surface area contributed by atoms with Crippen LogP contribution in [0.5, 0.6) is 5.75 Å². The second-order valence-electron chi connectivity index (χ2n) is 8.27. The molecule has 1 aromatic carbocycles. The van der Waals surface area contributed by atoms with Crippen LogP contribution in [0.25, 0.3) is 11.0 Å². The van der Waals surface area contributed by atoms with E-state index in [1.54, 1.807) is 32.9 Å². The molecule has 0 bridgehead atoms. The number of methoxy groups -OCH3 is 1. The van der Waals surface area contributed by atoms with Crippen molar-refractivity contribution >= 4 is 34.4 Å². The maximum Gasteiger partial charge on any atom is 0.412 e. The van der Waals surface area contributed by atoms with Crippen molar-refractivity contribution < 1.29 is 19.1 Å². The van der Waals surface area contributed by atoms with Crippen LogP contribution in [0.3, 0.4) is 0 Å². The molecule has 0 radical (unpaired) electrons. The van der Waals surface area contributed by atoms with Gasteiger partial charge in [0.25, 0.3) is 11.5 Å². The van der Waals surface area contributed by atoms with E-state index in [2.05, 4.69) is 15.6 Å². The van der Waals surface area contributed by atoms with Crippen LogP contribution in [0.1, 0.15) is 31.3 Å². The number of nitrogens with zero attached hydrogens (tertiary/aromatic N) is 3. The molecule has 0 spiro atoms. The lowest BCUT2D eigenvalue weighted by Gasteiger charge is -2.20. The van der Waals surface area contributed by atoms with E-state index in [-0.39, 0.29) is 16.7 Å². The van der Waals surface area contributed by atoms with Crippen LogP contribution in [0.4, 0.5) is 16.2 Å². The monoisotopic (exact) mass is 455 g/mol. The third kappa shape index (κ3) is 5.03. The van der Waals surface area contributed by atoms with Crippen molar-refractivity contribution in [1.82, 2.24) is 14.1 Å². The third-order valence-electron chi connectivity index (χ3n) is 4.63. The third-order valence-corrected chi connectivity index (χ3v) is 4.63. The highest BCUT2D eigenvalue weighted by molar-refractivity contribution is 6.04. The fourth-order valence-electron chi connectivity index (χ4n) is 3.07. The lowest BCUT2D eigenvalue weighted by molar-refractivity contribution is 0.0635. The highest BCUT2D eigenvalue weighted by Crippen LogP contribution is 2.28. The zero-order valence-corrected chi connectivity index (χ0v) is 19.2. The van der Waals surface area contributed by atoms with Crippen molar-refractivity contribution in [2.75, 3.05) is 17.7 Å². The summed E-state index contributed by atoms with van der Waals surface area (Å²) in [4.78, 5) is 53.6. The average molecular weight is 455 g/mol. The van der Waals surface area contributed by atoms with Crippen LogP contribution in [0, 0.1) is 0 Å². The standard InChI is InChI=1S/C22H25N5O6/c1-22(2,3)33-20(30)25-15-11-12(7-10-16(15)32-6)23-18(28)14-9-8-13-17(24-14)26(4)21(31)27(5)19(13)29/h7-11H,1-6H3,(H,23,28)(H,25,30). The summed E-state index contributed by atoms with van der Waals surface area (Å²) in [5.74, 6) is -0.202. The van der Waals surface area contributed by atoms with Gasteiger partial charge in [0, 0.05) is 19.8 Å². The molecule has 2 N–H and O–H groups in total. The Bertz CT molecular complexity index is 1370. The Labute approximate surface area is 189 Å². The first-order valence-electron chi connectivity index (χ1n) is 9.97. The van der Waals surface area contributed by atoms with E-state index < -0.39 is 28.9 Å². The molecule has 0 aliphatic heterocycles. The molecule has 0 saturated carbocycles. The van der Waals surface area contributed by atoms with Gasteiger partial charge in [0.1, 0.15) is 22.7 Å². The highest BCUT2D eigenvalue weighted by atomic mass is 16.6. The lowest BCUT2D eigenvalue weighted by atomic mass is 10.2. The molecule has 33 heavy (non-hydrogen) atoms. The van der Waals surface area contributed by atoms with Gasteiger partial charge in [-0.3, -0.25) is 24.0 Å². The number of anilines is 2. The molecule has 0 atom stereocenters. The van der Waals surface area contributed by atoms with Gasteiger partial charge in [0.2, 0.25) is 0 Å². The van der Waals surface area contributed by atoms with Gasteiger partial charge in [-0.05, 0) is 51.1 Å². The van der Waals surface area contributed by atoms with Crippen molar-refractivity contribution in [3.05, 3.63) is 56.9 Å². The second-order valence-corrected chi connectivity index (χ2v) is 8.27. The summed E-state index contributed by atoms with van der Waals surface area (Å²) >= 11 is 0. The minimum absolute atomic E-state index is 0.00298. The molecule has 0 unspecified atom stereocenters. The number of carbonyl (C=O) groups is 2. The fourth-order valence-corrected chi connectivity index (χ4v) is 3.07. The Morgan fingerprint density at radius 2 is 1.70 bits per heavy atom. The summed E-state index contributed by atoms with van der Waals surface area (Å²) < 4.78 is 12.7. The van der Waals surface area contributed by atoms with E-state index >= 15 is 0 Å². The predicted octanol–water partition coefficient (Wildman–Crippen LogP) is 2.24. The number of carbonyl (C=O) groups excluding carboxylic acids is 2. The number of rotatable bonds is 4. The van der Waals surface area contributed by atoms with Crippen LogP contribution in [-0.2, 0) is 18.8 Å². The molecule has 3 rings (SSSR count). The smallest absolute Gasteiger partial charge is 0.412 e. The van der Waals surface area contributed by atoms with Crippen molar-refractivity contribution in [2.45, 2.75) is 26.4 Å². The van der Waals surface area contributed by atoms with Crippen LogP contribution < -0.4 is 26.6 Å². The number of hydrogen-bond donors (Lipinski definition) is 2. The van der Waals surface area contributed by atoms with Gasteiger partial charge in [-0.1, -0.05) is 0 Å². The molecule has 0 fully saturated rings. The van der Waals surface area contributed by atoms with Crippen LogP contribution in [-0.4, -0.2) is 38.8 Å². The second kappa shape index (κ2) is 8.77. The average Bonchev–Trinajstić information content (AvgIpc) is 2.74. The van der Waals surface area contributed by atoms with Gasteiger partial charge < -0.3 is 14.8 Å². The number of aryl methyl sites for hydroxylation is 1. The zero-order chi connectivity index (χ0) is 24.5. The van der Waals surface area contributed by atoms with Gasteiger partial charge in [-0.25, -0.2) is 14.6 Å². The topological polar surface area (TPSA) is 134 Å². The Morgan fingerprint density at radius 1 is 1.00 bits per heavy atom. The number of benzene rings is 1. The summed E-state index contributed by atoms with van der Waals surface area (Å²) in [6, 6.07) is 7.51. The molecule has 0 aliphatic rings. The summed E-state index contributed by atoms with van der Waals surface area (Å²) in [5, 5.41) is 5.48. The molecule has 2 heterocycles. The predicted molar refractivity (Wildman–Crippen MR) is 123 cm³/mol. The SMILES string of the molecule is COc1ccc(NC(=O)c2ccc3c(=O)n(C)c(=O)n(C)c3n2)cc1NC(=O)OC(C)(C)C. The maximum absolute atomic E-state index is 12.8. The number of aromatic nitrogens is 3. The van der Waals surface area contributed by atoms with Gasteiger partial charge in [0.15, 0.2) is 0 Å². The van der Waals surface area contributed by atoms with Gasteiger partial charge in [-0.2, -0.15) is 0 Å². The molecule has 11 heteroatoms. The molecule has 2 amide bonds. The molecule has 3 aromatic rings. The van der Waals surface area contributed by atoms with Crippen LogP contribution in [0.2, 0.25) is 0 Å². The molecule has 0 saturated heterocycles. The van der Waals surface area contributed by atoms with Crippen LogP contribution >= 0.6 is 0 Å². The molecular weight excluding hydrogens is 430 g/mol. The van der Waals surface area contributed by atoms with Crippen LogP contribution in [0.15, 0.2) is 39.9 Å². The molecule has 0 aliphatic carbocycles. The minimum Gasteiger partial charge on any atom is -0.495 e. The summed E-state index contributed by atoms with van der Waals surface area (Å²) in [6.45, 7) is 5.22. The van der Waals surface area contributed by atoms with E-state index in [0.29, 0.717) is 17.1 Å². The first-order chi connectivity index (χ1) is 15.4. The largest absolute Gasteiger partial charge is 0.495 e. The first-order valence-corrected chi connectivity index (χ1v) is 9.97. The number of ether oxygens (including phenoxy) is 2. The summed E-state index contributed by atoms with van der Waals surface area (Å²) in [6.07, 6.45) is -0.678. The van der Waals surface area contributed by atoms with E-state index in [9.17, 15) is 19.2 Å². The normalized spacial score (nSPS) is 11.2. The van der Waals surface area contributed by atoms with E-state index in [4.69, 9.17) is 9.47 Å². The summed E-state index contributed by atoms with van der Waals surface area (Å²) in [7, 11) is 4.29. The highest BCUT2D eigenvalue weighted by Gasteiger charge is 2.19. The number of nitrogens with one attached hydrogen (secondary N) is 2. The Hall–Kier alpha value is -4.15. The number of pyridine rings is 1. The van der Waals surface area contributed by atoms with Gasteiger partial charge in [0.05, 0.1) is 18.2 Å². The first kappa shape index (κ1) is 23.5. The molecule has 11 nitrogen and oxygen atoms in total. The Kier molecular flexibility index (Phi) is 6.25. The van der Waals surface area contributed by atoms with E-state index in [1.165, 1.54) is 44.0 Å². The quantitative estimate of drug-likeness (QED) is 0.616. The molecule has 2 aromatic heterocycles. The van der Waals surface area contributed by atoms with Crippen molar-refractivity contribution in [3.8, 4) is 5.75 Å². The van der Waals surface area contributed by atoms with Crippen molar-refractivity contribution in [3.63, 3.8) is 0 Å². The molecule has 174 valence electrons. The van der Waals surface area contributed by atoms with Crippen molar-refractivity contribution in [1.29, 1.82) is 0 Å². The number of fused-ring (bicyclic) bond motifs is 1. The van der Waals surface area contributed by atoms with Gasteiger partial charge >= 0.3 is 11.8 Å². The Balaban J connectivity index is 1.90. The number of hydrogen-bond acceptors (Lipinski definition) is 7. The van der Waals surface area contributed by atoms with Gasteiger partial charge in [-0.15, -0.1) is 0 Å². The van der Waals surface area contributed by atoms with Crippen molar-refractivity contribution in [2.24, 2.45) is 14.1 Å². The van der Waals surface area contributed by atoms with E-state index in [1.807, 2.05) is 0 Å². The minimum atomic E-state index is -0.688. The zero-order valence-electron chi connectivity index (χ0n) is 19.2. The fraction of sp³-hybridized carbons (Fsp3) is 0.318. The number of amides is 2. The van der Waals surface area contributed by atoms with E-state index in [0.717, 1.165) is 4.57 Å².